The Morgan fingerprint density at radius 1 is 0.350 bits per heavy atom. The first kappa shape index (κ1) is 34.6. The highest BCUT2D eigenvalue weighted by Gasteiger charge is 2.46. The van der Waals surface area contributed by atoms with Crippen LogP contribution in [0.2, 0.25) is 0 Å². The van der Waals surface area contributed by atoms with Crippen molar-refractivity contribution in [2.24, 2.45) is 0 Å². The maximum atomic E-state index is 6.56. The van der Waals surface area contributed by atoms with Crippen LogP contribution in [0.25, 0.3) is 55.3 Å². The Bertz CT molecular complexity index is 3250. The highest BCUT2D eigenvalue weighted by molar-refractivity contribution is 6.05. The molecule has 1 aromatic heterocycles. The molecule has 0 fully saturated rings. The molecule has 0 unspecified atom stereocenters. The van der Waals surface area contributed by atoms with Gasteiger partial charge in [0.25, 0.3) is 0 Å². The zero-order valence-electron chi connectivity index (χ0n) is 33.6. The fourth-order valence-electron chi connectivity index (χ4n) is 10.6. The summed E-state index contributed by atoms with van der Waals surface area (Å²) in [6.07, 6.45) is 0. The van der Waals surface area contributed by atoms with Gasteiger partial charge in [0.1, 0.15) is 11.2 Å². The van der Waals surface area contributed by atoms with Crippen LogP contribution in [-0.2, 0) is 10.8 Å². The van der Waals surface area contributed by atoms with Crippen LogP contribution >= 0.6 is 0 Å². The molecule has 2 aliphatic rings. The van der Waals surface area contributed by atoms with Crippen LogP contribution in [0.4, 0.5) is 17.1 Å². The van der Waals surface area contributed by atoms with Crippen LogP contribution in [0, 0.1) is 0 Å². The van der Waals surface area contributed by atoms with E-state index in [1.165, 1.54) is 66.8 Å². The molecule has 0 radical (unpaired) electrons. The second-order valence-corrected chi connectivity index (χ2v) is 16.8. The van der Waals surface area contributed by atoms with E-state index in [2.05, 4.69) is 225 Å². The van der Waals surface area contributed by atoms with Gasteiger partial charge in [-0.15, -0.1) is 0 Å². The molecular formula is C58H41NO. The molecule has 2 aliphatic carbocycles. The zero-order valence-corrected chi connectivity index (χ0v) is 33.6. The first-order valence-corrected chi connectivity index (χ1v) is 20.9. The van der Waals surface area contributed by atoms with Gasteiger partial charge >= 0.3 is 0 Å². The number of anilines is 3. The first-order chi connectivity index (χ1) is 29.5. The number of rotatable bonds is 6. The summed E-state index contributed by atoms with van der Waals surface area (Å²) in [5, 5.41) is 2.27. The Kier molecular flexibility index (Phi) is 7.52. The summed E-state index contributed by atoms with van der Waals surface area (Å²) in [5.41, 5.74) is 19.7. The monoisotopic (exact) mass is 767 g/mol. The maximum absolute atomic E-state index is 6.56. The Labute approximate surface area is 350 Å². The van der Waals surface area contributed by atoms with Gasteiger partial charge in [-0.05, 0) is 115 Å². The Hall–Kier alpha value is -7.42. The van der Waals surface area contributed by atoms with E-state index in [0.717, 1.165) is 39.0 Å². The molecule has 0 bridgehead atoms. The minimum Gasteiger partial charge on any atom is -0.456 e. The molecule has 0 aliphatic heterocycles. The van der Waals surface area contributed by atoms with E-state index >= 15 is 0 Å². The molecule has 0 amide bonds. The van der Waals surface area contributed by atoms with Crippen molar-refractivity contribution in [2.75, 3.05) is 4.90 Å². The van der Waals surface area contributed by atoms with Crippen molar-refractivity contribution in [3.05, 3.63) is 246 Å². The minimum absolute atomic E-state index is 0.125. The van der Waals surface area contributed by atoms with Gasteiger partial charge in [0.2, 0.25) is 0 Å². The lowest BCUT2D eigenvalue weighted by atomic mass is 9.67. The standard InChI is InChI=1S/C58H41NO/c1-57(2)51-23-10-6-19-45(51)48-34-32-44(37-54(48)57)59(43-18-14-17-39(35-43)38-15-4-3-5-16-38)42-30-27-40(28-31-42)58(52-24-11-7-20-46(52)47-21-8-12-25-53(47)58)41-29-33-50-49-22-9-13-26-55(49)60-56(50)36-41/h3-37H,1-2H3. The van der Waals surface area contributed by atoms with E-state index in [4.69, 9.17) is 4.42 Å². The SMILES string of the molecule is CC1(C)c2ccccc2-c2ccc(N(c3ccc(C4(c5ccc6c(c5)oc5ccccc56)c5ccccc5-c5ccccc54)cc3)c3cccc(-c4ccccc4)c3)cc21. The summed E-state index contributed by atoms with van der Waals surface area (Å²) >= 11 is 0. The molecular weight excluding hydrogens is 727 g/mol. The Morgan fingerprint density at radius 2 is 0.900 bits per heavy atom. The second kappa shape index (κ2) is 13.0. The van der Waals surface area contributed by atoms with Crippen LogP contribution in [0.3, 0.4) is 0 Å². The Morgan fingerprint density at radius 3 is 1.65 bits per heavy atom. The van der Waals surface area contributed by atoms with Gasteiger partial charge in [-0.25, -0.2) is 0 Å². The summed E-state index contributed by atoms with van der Waals surface area (Å²) in [7, 11) is 0. The lowest BCUT2D eigenvalue weighted by molar-refractivity contribution is 0.660. The zero-order chi connectivity index (χ0) is 40.0. The molecule has 10 aromatic rings. The van der Waals surface area contributed by atoms with E-state index in [1.54, 1.807) is 0 Å². The van der Waals surface area contributed by atoms with Gasteiger partial charge in [-0.2, -0.15) is 0 Å². The fourth-order valence-corrected chi connectivity index (χ4v) is 10.6. The van der Waals surface area contributed by atoms with Crippen LogP contribution in [-0.4, -0.2) is 0 Å². The first-order valence-electron chi connectivity index (χ1n) is 20.9. The average molecular weight is 768 g/mol. The van der Waals surface area contributed by atoms with Crippen LogP contribution < -0.4 is 4.90 Å². The third-order valence-electron chi connectivity index (χ3n) is 13.4. The molecule has 60 heavy (non-hydrogen) atoms. The topological polar surface area (TPSA) is 16.4 Å². The third-order valence-corrected chi connectivity index (χ3v) is 13.4. The second-order valence-electron chi connectivity index (χ2n) is 16.8. The van der Waals surface area contributed by atoms with Gasteiger partial charge in [0.15, 0.2) is 0 Å². The summed E-state index contributed by atoms with van der Waals surface area (Å²) in [6, 6.07) is 78.0. The van der Waals surface area contributed by atoms with Crippen LogP contribution in [0.15, 0.2) is 217 Å². The number of para-hydroxylation sites is 1. The van der Waals surface area contributed by atoms with E-state index < -0.39 is 5.41 Å². The summed E-state index contributed by atoms with van der Waals surface area (Å²) < 4.78 is 6.56. The number of hydrogen-bond donors (Lipinski definition) is 0. The van der Waals surface area contributed by atoms with E-state index in [0.29, 0.717) is 0 Å². The number of hydrogen-bond acceptors (Lipinski definition) is 2. The van der Waals surface area contributed by atoms with Crippen molar-refractivity contribution in [2.45, 2.75) is 24.7 Å². The molecule has 12 rings (SSSR count). The average Bonchev–Trinajstić information content (AvgIpc) is 3.91. The molecule has 0 saturated carbocycles. The Balaban J connectivity index is 1.06. The quantitative estimate of drug-likeness (QED) is 0.168. The molecule has 0 spiro atoms. The number of furan rings is 1. The maximum Gasteiger partial charge on any atom is 0.135 e. The van der Waals surface area contributed by atoms with Crippen LogP contribution in [0.5, 0.6) is 0 Å². The van der Waals surface area contributed by atoms with Gasteiger partial charge < -0.3 is 9.32 Å². The van der Waals surface area contributed by atoms with Crippen molar-refractivity contribution >= 4 is 39.0 Å². The lowest BCUT2D eigenvalue weighted by Gasteiger charge is -2.34. The van der Waals surface area contributed by atoms with Gasteiger partial charge in [0.05, 0.1) is 5.41 Å². The predicted molar refractivity (Wildman–Crippen MR) is 249 cm³/mol. The smallest absolute Gasteiger partial charge is 0.135 e. The summed E-state index contributed by atoms with van der Waals surface area (Å²) in [6.45, 7) is 4.71. The summed E-state index contributed by atoms with van der Waals surface area (Å²) in [4.78, 5) is 2.43. The van der Waals surface area contributed by atoms with Crippen molar-refractivity contribution in [3.8, 4) is 33.4 Å². The fraction of sp³-hybridized carbons (Fsp3) is 0.0690. The summed E-state index contributed by atoms with van der Waals surface area (Å²) in [5.74, 6) is 0. The number of benzene rings is 9. The largest absolute Gasteiger partial charge is 0.456 e. The molecule has 284 valence electrons. The lowest BCUT2D eigenvalue weighted by Crippen LogP contribution is -2.28. The van der Waals surface area contributed by atoms with Crippen molar-refractivity contribution in [3.63, 3.8) is 0 Å². The van der Waals surface area contributed by atoms with Gasteiger partial charge in [-0.1, -0.05) is 178 Å². The van der Waals surface area contributed by atoms with Crippen molar-refractivity contribution in [1.29, 1.82) is 0 Å². The molecule has 1 heterocycles. The minimum atomic E-state index is -0.569. The van der Waals surface area contributed by atoms with E-state index in [1.807, 2.05) is 6.07 Å². The van der Waals surface area contributed by atoms with E-state index in [9.17, 15) is 0 Å². The molecule has 0 N–H and O–H groups in total. The molecule has 0 atom stereocenters. The van der Waals surface area contributed by atoms with Crippen LogP contribution in [0.1, 0.15) is 47.2 Å². The number of nitrogens with zero attached hydrogens (tertiary/aromatic N) is 1. The highest BCUT2D eigenvalue weighted by Crippen LogP contribution is 2.57. The molecule has 9 aromatic carbocycles. The molecule has 2 nitrogen and oxygen atoms in total. The molecule has 0 saturated heterocycles. The van der Waals surface area contributed by atoms with Crippen molar-refractivity contribution < 1.29 is 4.42 Å². The van der Waals surface area contributed by atoms with Gasteiger partial charge in [0, 0.05) is 33.2 Å². The van der Waals surface area contributed by atoms with Gasteiger partial charge in [-0.3, -0.25) is 0 Å². The highest BCUT2D eigenvalue weighted by atomic mass is 16.3. The third kappa shape index (κ3) is 4.94. The molecule has 2 heteroatoms. The number of fused-ring (bicyclic) bond motifs is 9. The van der Waals surface area contributed by atoms with Crippen molar-refractivity contribution in [1.82, 2.24) is 0 Å². The van der Waals surface area contributed by atoms with E-state index in [-0.39, 0.29) is 5.41 Å². The normalized spacial score (nSPS) is 14.1. The predicted octanol–water partition coefficient (Wildman–Crippen LogP) is 15.4.